The fourth-order valence-electron chi connectivity index (χ4n) is 4.01. The second-order valence-corrected chi connectivity index (χ2v) is 10.4. The maximum Gasteiger partial charge on any atom is 0.243 e. The molecule has 0 radical (unpaired) electrons. The molecule has 0 saturated carbocycles. The lowest BCUT2D eigenvalue weighted by molar-refractivity contribution is 0.271. The Balaban J connectivity index is 1.44. The third kappa shape index (κ3) is 4.74. The molecule has 1 fully saturated rings. The first kappa shape index (κ1) is 23.3. The summed E-state index contributed by atoms with van der Waals surface area (Å²) in [5.41, 5.74) is 1.88. The second-order valence-electron chi connectivity index (χ2n) is 8.43. The molecule has 33 heavy (non-hydrogen) atoms. The van der Waals surface area contributed by atoms with Crippen LogP contribution >= 0.6 is 0 Å². The molecule has 0 atom stereocenters. The van der Waals surface area contributed by atoms with Gasteiger partial charge in [-0.15, -0.1) is 0 Å². The van der Waals surface area contributed by atoms with Gasteiger partial charge in [0.2, 0.25) is 21.7 Å². The van der Waals surface area contributed by atoms with Gasteiger partial charge in [-0.2, -0.15) is 9.29 Å². The average Bonchev–Trinajstić information content (AvgIpc) is 3.34. The number of piperidine rings is 1. The van der Waals surface area contributed by atoms with Crippen molar-refractivity contribution in [3.05, 3.63) is 53.9 Å². The molecular weight excluding hydrogens is 442 g/mol. The van der Waals surface area contributed by atoms with E-state index in [0.29, 0.717) is 60.0 Å². The predicted molar refractivity (Wildman–Crippen MR) is 124 cm³/mol. The number of rotatable bonds is 7. The molecule has 0 aliphatic carbocycles. The molecule has 1 aliphatic rings. The largest absolute Gasteiger partial charge is 0.493 e. The molecule has 0 unspecified atom stereocenters. The predicted octanol–water partition coefficient (Wildman–Crippen LogP) is 4.45. The molecule has 8 nitrogen and oxygen atoms in total. The highest BCUT2D eigenvalue weighted by atomic mass is 32.2. The molecule has 0 N–H and O–H groups in total. The Morgan fingerprint density at radius 3 is 2.27 bits per heavy atom. The van der Waals surface area contributed by atoms with Gasteiger partial charge < -0.3 is 14.0 Å². The van der Waals surface area contributed by atoms with Gasteiger partial charge >= 0.3 is 0 Å². The van der Waals surface area contributed by atoms with E-state index >= 15 is 0 Å². The fraction of sp³-hybridized carbons (Fsp3) is 0.417. The SMILES string of the molecule is COc1ccc(-c2noc(C3CCN(S(=O)(=O)c4ccc(C(C)C)cc4)CC3)n2)cc1OC. The lowest BCUT2D eigenvalue weighted by Crippen LogP contribution is -2.37. The first-order valence-corrected chi connectivity index (χ1v) is 12.4. The van der Waals surface area contributed by atoms with Gasteiger partial charge in [-0.25, -0.2) is 8.42 Å². The number of aromatic nitrogens is 2. The molecule has 2 aromatic carbocycles. The van der Waals surface area contributed by atoms with E-state index < -0.39 is 10.0 Å². The van der Waals surface area contributed by atoms with Gasteiger partial charge in [0.15, 0.2) is 11.5 Å². The molecule has 0 amide bonds. The van der Waals surface area contributed by atoms with E-state index in [0.717, 1.165) is 11.1 Å². The van der Waals surface area contributed by atoms with Crippen LogP contribution in [0.1, 0.15) is 50.0 Å². The van der Waals surface area contributed by atoms with Crippen LogP contribution in [0.4, 0.5) is 0 Å². The number of sulfonamides is 1. The van der Waals surface area contributed by atoms with E-state index in [9.17, 15) is 8.42 Å². The van der Waals surface area contributed by atoms with Crippen LogP contribution in [0.5, 0.6) is 11.5 Å². The number of nitrogens with zero attached hydrogens (tertiary/aromatic N) is 3. The molecule has 0 spiro atoms. The highest BCUT2D eigenvalue weighted by molar-refractivity contribution is 7.89. The topological polar surface area (TPSA) is 94.8 Å². The first-order chi connectivity index (χ1) is 15.8. The highest BCUT2D eigenvalue weighted by Crippen LogP contribution is 2.34. The van der Waals surface area contributed by atoms with Crippen LogP contribution in [-0.4, -0.2) is 50.2 Å². The minimum atomic E-state index is -3.52. The van der Waals surface area contributed by atoms with Crippen LogP contribution in [0.15, 0.2) is 51.9 Å². The van der Waals surface area contributed by atoms with Gasteiger partial charge in [-0.3, -0.25) is 0 Å². The summed E-state index contributed by atoms with van der Waals surface area (Å²) in [6, 6.07) is 12.6. The molecule has 1 saturated heterocycles. The van der Waals surface area contributed by atoms with Crippen LogP contribution in [0, 0.1) is 0 Å². The van der Waals surface area contributed by atoms with Crippen LogP contribution in [0.2, 0.25) is 0 Å². The van der Waals surface area contributed by atoms with Gasteiger partial charge in [0.1, 0.15) is 0 Å². The van der Waals surface area contributed by atoms with Crippen molar-refractivity contribution in [3.63, 3.8) is 0 Å². The summed E-state index contributed by atoms with van der Waals surface area (Å²) in [4.78, 5) is 4.90. The highest BCUT2D eigenvalue weighted by Gasteiger charge is 2.32. The van der Waals surface area contributed by atoms with E-state index in [2.05, 4.69) is 24.0 Å². The molecule has 9 heteroatoms. The normalized spacial score (nSPS) is 15.7. The Hall–Kier alpha value is -2.91. The van der Waals surface area contributed by atoms with Crippen molar-refractivity contribution in [2.24, 2.45) is 0 Å². The molecule has 176 valence electrons. The lowest BCUT2D eigenvalue weighted by Gasteiger charge is -2.29. The Morgan fingerprint density at radius 2 is 1.67 bits per heavy atom. The Morgan fingerprint density at radius 1 is 1.00 bits per heavy atom. The first-order valence-electron chi connectivity index (χ1n) is 11.0. The van der Waals surface area contributed by atoms with E-state index in [-0.39, 0.29) is 5.92 Å². The molecule has 0 bridgehead atoms. The number of hydrogen-bond donors (Lipinski definition) is 0. The zero-order valence-electron chi connectivity index (χ0n) is 19.3. The molecule has 4 rings (SSSR count). The van der Waals surface area contributed by atoms with Crippen molar-refractivity contribution in [1.29, 1.82) is 0 Å². The van der Waals surface area contributed by atoms with E-state index in [1.54, 1.807) is 42.8 Å². The zero-order chi connectivity index (χ0) is 23.6. The van der Waals surface area contributed by atoms with Crippen molar-refractivity contribution < 1.29 is 22.4 Å². The fourth-order valence-corrected chi connectivity index (χ4v) is 5.48. The lowest BCUT2D eigenvalue weighted by atomic mass is 9.98. The van der Waals surface area contributed by atoms with Crippen LogP contribution < -0.4 is 9.47 Å². The van der Waals surface area contributed by atoms with Crippen molar-refractivity contribution in [1.82, 2.24) is 14.4 Å². The van der Waals surface area contributed by atoms with Crippen LogP contribution in [0.3, 0.4) is 0 Å². The van der Waals surface area contributed by atoms with Gasteiger partial charge in [-0.05, 0) is 54.7 Å². The quantitative estimate of drug-likeness (QED) is 0.502. The van der Waals surface area contributed by atoms with Crippen molar-refractivity contribution in [2.45, 2.75) is 43.4 Å². The van der Waals surface area contributed by atoms with Crippen molar-refractivity contribution >= 4 is 10.0 Å². The standard InChI is InChI=1S/C24H29N3O5S/c1-16(2)17-5-8-20(9-6-17)33(28,29)27-13-11-18(12-14-27)24-25-23(26-32-24)19-7-10-21(30-3)22(15-19)31-4/h5-10,15-16,18H,11-14H2,1-4H3. The summed E-state index contributed by atoms with van der Waals surface area (Å²) < 4.78 is 43.8. The van der Waals surface area contributed by atoms with E-state index in [4.69, 9.17) is 14.0 Å². The smallest absolute Gasteiger partial charge is 0.243 e. The summed E-state index contributed by atoms with van der Waals surface area (Å²) in [5, 5.41) is 4.12. The number of hydrogen-bond acceptors (Lipinski definition) is 7. The molecular formula is C24H29N3O5S. The Bertz CT molecular complexity index is 1200. The van der Waals surface area contributed by atoms with E-state index in [1.807, 2.05) is 18.2 Å². The summed E-state index contributed by atoms with van der Waals surface area (Å²) in [6.07, 6.45) is 1.24. The molecule has 1 aliphatic heterocycles. The summed E-state index contributed by atoms with van der Waals surface area (Å²) in [5.74, 6) is 2.57. The van der Waals surface area contributed by atoms with Crippen LogP contribution in [-0.2, 0) is 10.0 Å². The average molecular weight is 472 g/mol. The number of benzene rings is 2. The molecule has 2 heterocycles. The van der Waals surface area contributed by atoms with Gasteiger partial charge in [0, 0.05) is 24.6 Å². The summed E-state index contributed by atoms with van der Waals surface area (Å²) in [6.45, 7) is 4.99. The summed E-state index contributed by atoms with van der Waals surface area (Å²) in [7, 11) is -0.367. The Labute approximate surface area is 194 Å². The van der Waals surface area contributed by atoms with Crippen molar-refractivity contribution in [2.75, 3.05) is 27.3 Å². The zero-order valence-corrected chi connectivity index (χ0v) is 20.1. The Kier molecular flexibility index (Phi) is 6.71. The number of ether oxygens (including phenoxy) is 2. The third-order valence-corrected chi connectivity index (χ3v) is 7.98. The molecule has 3 aromatic rings. The molecule has 1 aromatic heterocycles. The monoisotopic (exact) mass is 471 g/mol. The minimum Gasteiger partial charge on any atom is -0.493 e. The minimum absolute atomic E-state index is 0.0150. The van der Waals surface area contributed by atoms with Gasteiger partial charge in [-0.1, -0.05) is 31.1 Å². The van der Waals surface area contributed by atoms with Crippen LogP contribution in [0.25, 0.3) is 11.4 Å². The second kappa shape index (κ2) is 9.52. The maximum absolute atomic E-state index is 13.1. The summed E-state index contributed by atoms with van der Waals surface area (Å²) >= 11 is 0. The van der Waals surface area contributed by atoms with Crippen molar-refractivity contribution in [3.8, 4) is 22.9 Å². The third-order valence-electron chi connectivity index (χ3n) is 6.07. The van der Waals surface area contributed by atoms with Gasteiger partial charge in [0.05, 0.1) is 19.1 Å². The van der Waals surface area contributed by atoms with Gasteiger partial charge in [0.25, 0.3) is 0 Å². The van der Waals surface area contributed by atoms with E-state index in [1.165, 1.54) is 0 Å². The maximum atomic E-state index is 13.1. The number of methoxy groups -OCH3 is 2.